The van der Waals surface area contributed by atoms with E-state index >= 15 is 0 Å². The largest absolute Gasteiger partial charge is 0.492 e. The van der Waals surface area contributed by atoms with Crippen LogP contribution in [0.15, 0.2) is 42.5 Å². The summed E-state index contributed by atoms with van der Waals surface area (Å²) in [5.41, 5.74) is 0.836. The van der Waals surface area contributed by atoms with Crippen LogP contribution in [0.5, 0.6) is 11.8 Å². The maximum absolute atomic E-state index is 13.0. The Labute approximate surface area is 195 Å². The van der Waals surface area contributed by atoms with Crippen LogP contribution >= 0.6 is 11.8 Å². The zero-order valence-electron chi connectivity index (χ0n) is 18.2. The Bertz CT molecular complexity index is 947. The van der Waals surface area contributed by atoms with Crippen LogP contribution in [0.3, 0.4) is 0 Å². The number of likely N-dealkylation sites (tertiary alicyclic amines) is 1. The van der Waals surface area contributed by atoms with Crippen LogP contribution in [-0.4, -0.2) is 68.5 Å². The van der Waals surface area contributed by atoms with Crippen LogP contribution in [0.1, 0.15) is 24.8 Å². The highest BCUT2D eigenvalue weighted by Crippen LogP contribution is 2.21. The van der Waals surface area contributed by atoms with Gasteiger partial charge in [-0.15, -0.1) is 4.73 Å². The van der Waals surface area contributed by atoms with Gasteiger partial charge < -0.3 is 25.1 Å². The summed E-state index contributed by atoms with van der Waals surface area (Å²) < 4.78 is 5.93. The molecule has 10 nitrogen and oxygen atoms in total. The number of amides is 2. The number of rotatable bonds is 9. The Balaban J connectivity index is 1.62. The van der Waals surface area contributed by atoms with Crippen molar-refractivity contribution in [2.45, 2.75) is 38.0 Å². The molecule has 1 saturated heterocycles. The first-order chi connectivity index (χ1) is 15.9. The summed E-state index contributed by atoms with van der Waals surface area (Å²) in [5.74, 6) is -1.71. The van der Waals surface area contributed by atoms with E-state index in [1.54, 1.807) is 0 Å². The normalized spacial score (nSPS) is 16.3. The summed E-state index contributed by atoms with van der Waals surface area (Å²) in [7, 11) is 0. The van der Waals surface area contributed by atoms with E-state index in [1.165, 1.54) is 16.7 Å². The lowest BCUT2D eigenvalue weighted by molar-refractivity contribution is -0.150. The molecule has 0 aliphatic carbocycles. The van der Waals surface area contributed by atoms with Crippen LogP contribution in [0.4, 0.5) is 4.79 Å². The van der Waals surface area contributed by atoms with Crippen molar-refractivity contribution in [3.8, 4) is 11.8 Å². The Kier molecular flexibility index (Phi) is 8.47. The van der Waals surface area contributed by atoms with Crippen molar-refractivity contribution in [3.63, 3.8) is 0 Å². The zero-order chi connectivity index (χ0) is 23.8. The number of aromatic nitrogens is 1. The SMILES string of the molecule is CSCC[C@H](NC(=O)[C@@H]1CCCN1C(=O)OCc1ccccc1)C(=O)On1c(O)ccc1O. The molecule has 0 spiro atoms. The van der Waals surface area contributed by atoms with Crippen LogP contribution < -0.4 is 10.2 Å². The molecule has 1 fully saturated rings. The first kappa shape index (κ1) is 24.3. The third-order valence-electron chi connectivity index (χ3n) is 5.19. The van der Waals surface area contributed by atoms with E-state index in [0.717, 1.165) is 17.7 Å². The average molecular weight is 478 g/mol. The average Bonchev–Trinajstić information content (AvgIpc) is 3.43. The Morgan fingerprint density at radius 2 is 1.85 bits per heavy atom. The van der Waals surface area contributed by atoms with Gasteiger partial charge in [-0.1, -0.05) is 30.3 Å². The molecule has 2 amide bonds. The number of aromatic hydroxyl groups is 2. The van der Waals surface area contributed by atoms with Gasteiger partial charge in [0.15, 0.2) is 0 Å². The minimum Gasteiger partial charge on any atom is -0.492 e. The number of hydrogen-bond acceptors (Lipinski definition) is 8. The number of carbonyl (C=O) groups is 3. The van der Waals surface area contributed by atoms with E-state index in [1.807, 2.05) is 36.6 Å². The molecule has 3 N–H and O–H groups in total. The second-order valence-electron chi connectivity index (χ2n) is 7.49. The first-order valence-corrected chi connectivity index (χ1v) is 11.9. The lowest BCUT2D eigenvalue weighted by Gasteiger charge is -2.25. The van der Waals surface area contributed by atoms with Crippen LogP contribution in [-0.2, 0) is 20.9 Å². The van der Waals surface area contributed by atoms with Crippen molar-refractivity contribution in [3.05, 3.63) is 48.0 Å². The second kappa shape index (κ2) is 11.5. The maximum atomic E-state index is 13.0. The minimum absolute atomic E-state index is 0.0943. The molecule has 2 aromatic rings. The number of carbonyl (C=O) groups excluding carboxylic acids is 3. The lowest BCUT2D eigenvalue weighted by atomic mass is 10.1. The van der Waals surface area contributed by atoms with Gasteiger partial charge in [0.25, 0.3) is 0 Å². The molecule has 1 aliphatic rings. The standard InChI is InChI=1S/C22H27N3O7S/c1-33-13-11-16(21(29)32-25-18(26)9-10-19(25)27)23-20(28)17-8-5-12-24(17)22(30)31-14-15-6-3-2-4-7-15/h2-4,6-7,9-10,16-17,26-27H,5,8,11-14H2,1H3,(H,23,28)/t16-,17-/m0/s1. The van der Waals surface area contributed by atoms with Gasteiger partial charge in [-0.25, -0.2) is 9.59 Å². The quantitative estimate of drug-likeness (QED) is 0.499. The molecule has 11 heteroatoms. The van der Waals surface area contributed by atoms with E-state index in [2.05, 4.69) is 5.32 Å². The van der Waals surface area contributed by atoms with Crippen molar-refractivity contribution >= 4 is 29.7 Å². The fourth-order valence-corrected chi connectivity index (χ4v) is 3.93. The number of nitrogens with one attached hydrogen (secondary N) is 1. The summed E-state index contributed by atoms with van der Waals surface area (Å²) in [6.45, 7) is 0.466. The number of hydrogen-bond donors (Lipinski definition) is 3. The van der Waals surface area contributed by atoms with Crippen LogP contribution in [0.2, 0.25) is 0 Å². The van der Waals surface area contributed by atoms with Crippen molar-refractivity contribution in [1.29, 1.82) is 0 Å². The third kappa shape index (κ3) is 6.35. The van der Waals surface area contributed by atoms with Crippen molar-refractivity contribution in [2.24, 2.45) is 0 Å². The van der Waals surface area contributed by atoms with Gasteiger partial charge in [-0.2, -0.15) is 11.8 Å². The predicted molar refractivity (Wildman–Crippen MR) is 121 cm³/mol. The highest BCUT2D eigenvalue weighted by atomic mass is 32.2. The smallest absolute Gasteiger partial charge is 0.410 e. The summed E-state index contributed by atoms with van der Waals surface area (Å²) >= 11 is 1.48. The molecular formula is C22H27N3O7S. The summed E-state index contributed by atoms with van der Waals surface area (Å²) in [5, 5.41) is 22.0. The molecule has 1 aliphatic heterocycles. The fourth-order valence-electron chi connectivity index (χ4n) is 3.46. The summed E-state index contributed by atoms with van der Waals surface area (Å²) in [6.07, 6.45) is 2.59. The highest BCUT2D eigenvalue weighted by Gasteiger charge is 2.37. The molecular weight excluding hydrogens is 450 g/mol. The van der Waals surface area contributed by atoms with Gasteiger partial charge in [0, 0.05) is 18.7 Å². The van der Waals surface area contributed by atoms with E-state index in [-0.39, 0.29) is 13.0 Å². The molecule has 2 heterocycles. The molecule has 33 heavy (non-hydrogen) atoms. The van der Waals surface area contributed by atoms with Crippen molar-refractivity contribution in [1.82, 2.24) is 14.9 Å². The third-order valence-corrected chi connectivity index (χ3v) is 5.83. The molecule has 0 radical (unpaired) electrons. The van der Waals surface area contributed by atoms with E-state index in [4.69, 9.17) is 9.57 Å². The molecule has 0 bridgehead atoms. The number of benzene rings is 1. The van der Waals surface area contributed by atoms with Gasteiger partial charge >= 0.3 is 12.1 Å². The van der Waals surface area contributed by atoms with Gasteiger partial charge in [0.2, 0.25) is 17.7 Å². The lowest BCUT2D eigenvalue weighted by Crippen LogP contribution is -2.52. The van der Waals surface area contributed by atoms with Crippen molar-refractivity contribution in [2.75, 3.05) is 18.6 Å². The van der Waals surface area contributed by atoms with Crippen LogP contribution in [0, 0.1) is 0 Å². The van der Waals surface area contributed by atoms with Gasteiger partial charge in [0.1, 0.15) is 18.7 Å². The molecule has 1 aromatic heterocycles. The highest BCUT2D eigenvalue weighted by molar-refractivity contribution is 7.98. The minimum atomic E-state index is -1.03. The van der Waals surface area contributed by atoms with Crippen LogP contribution in [0.25, 0.3) is 0 Å². The Morgan fingerprint density at radius 1 is 1.15 bits per heavy atom. The van der Waals surface area contributed by atoms with E-state index in [9.17, 15) is 24.6 Å². The molecule has 1 aromatic carbocycles. The molecule has 178 valence electrons. The topological polar surface area (TPSA) is 130 Å². The van der Waals surface area contributed by atoms with Gasteiger partial charge in [0.05, 0.1) is 0 Å². The molecule has 0 unspecified atom stereocenters. The molecule has 2 atom stereocenters. The Morgan fingerprint density at radius 3 is 2.52 bits per heavy atom. The first-order valence-electron chi connectivity index (χ1n) is 10.5. The monoisotopic (exact) mass is 477 g/mol. The van der Waals surface area contributed by atoms with Gasteiger partial charge in [-0.3, -0.25) is 9.69 Å². The number of ether oxygens (including phenoxy) is 1. The summed E-state index contributed by atoms with van der Waals surface area (Å²) in [4.78, 5) is 44.6. The Hall–Kier alpha value is -3.34. The van der Waals surface area contributed by atoms with E-state index < -0.39 is 41.8 Å². The molecule has 3 rings (SSSR count). The number of nitrogens with zero attached hydrogens (tertiary/aromatic N) is 2. The zero-order valence-corrected chi connectivity index (χ0v) is 19.0. The summed E-state index contributed by atoms with van der Waals surface area (Å²) in [6, 6.07) is 9.75. The fraction of sp³-hybridized carbons (Fsp3) is 0.409. The van der Waals surface area contributed by atoms with Crippen molar-refractivity contribution < 1.29 is 34.2 Å². The maximum Gasteiger partial charge on any atom is 0.410 e. The number of thioether (sulfide) groups is 1. The molecule has 0 saturated carbocycles. The second-order valence-corrected chi connectivity index (χ2v) is 8.47. The van der Waals surface area contributed by atoms with Gasteiger partial charge in [-0.05, 0) is 36.8 Å². The predicted octanol–water partition coefficient (Wildman–Crippen LogP) is 1.89. The van der Waals surface area contributed by atoms with E-state index in [0.29, 0.717) is 29.9 Å².